The molecule has 2 aromatic heterocycles. The van der Waals surface area contributed by atoms with Gasteiger partial charge in [0.1, 0.15) is 0 Å². The minimum absolute atomic E-state index is 0.133. The van der Waals surface area contributed by atoms with Crippen LogP contribution in [0.2, 0.25) is 5.28 Å². The molecule has 0 aliphatic carbocycles. The standard InChI is InChI=1S/C9H12ClN7/c1-5-6(4-17(3)16-5)12-9-14-7(10)13-8(11-2)15-9/h4H,1-3H3,(H2,11,12,13,14,15). The van der Waals surface area contributed by atoms with Gasteiger partial charge in [0, 0.05) is 20.3 Å². The van der Waals surface area contributed by atoms with Crippen molar-refractivity contribution in [1.82, 2.24) is 24.7 Å². The molecule has 90 valence electrons. The predicted molar refractivity (Wildman–Crippen MR) is 65.6 cm³/mol. The molecule has 0 bridgehead atoms. The SMILES string of the molecule is CNc1nc(Cl)nc(Nc2cn(C)nc2C)n1. The van der Waals surface area contributed by atoms with E-state index in [-0.39, 0.29) is 5.28 Å². The first-order valence-corrected chi connectivity index (χ1v) is 5.33. The molecule has 0 spiro atoms. The molecule has 2 aromatic rings. The highest BCUT2D eigenvalue weighted by atomic mass is 35.5. The van der Waals surface area contributed by atoms with Crippen LogP contribution < -0.4 is 10.6 Å². The van der Waals surface area contributed by atoms with Gasteiger partial charge < -0.3 is 10.6 Å². The molecule has 8 heteroatoms. The van der Waals surface area contributed by atoms with Gasteiger partial charge in [0.15, 0.2) is 0 Å². The van der Waals surface area contributed by atoms with E-state index in [0.29, 0.717) is 11.9 Å². The summed E-state index contributed by atoms with van der Waals surface area (Å²) in [4.78, 5) is 12.0. The summed E-state index contributed by atoms with van der Waals surface area (Å²) in [5, 5.41) is 10.2. The average molecular weight is 254 g/mol. The van der Waals surface area contributed by atoms with Crippen molar-refractivity contribution in [3.8, 4) is 0 Å². The summed E-state index contributed by atoms with van der Waals surface area (Å²) in [5.74, 6) is 0.791. The lowest BCUT2D eigenvalue weighted by Crippen LogP contribution is -2.03. The van der Waals surface area contributed by atoms with Crippen LogP contribution in [-0.4, -0.2) is 31.8 Å². The van der Waals surface area contributed by atoms with Gasteiger partial charge in [-0.2, -0.15) is 20.1 Å². The Hall–Kier alpha value is -1.89. The van der Waals surface area contributed by atoms with Crippen LogP contribution in [0.5, 0.6) is 0 Å². The van der Waals surface area contributed by atoms with Crippen LogP contribution >= 0.6 is 11.6 Å². The Morgan fingerprint density at radius 3 is 2.53 bits per heavy atom. The van der Waals surface area contributed by atoms with Crippen LogP contribution in [0.4, 0.5) is 17.6 Å². The Balaban J connectivity index is 2.29. The molecule has 0 aliphatic rings. The first kappa shape index (κ1) is 11.6. The van der Waals surface area contributed by atoms with Crippen LogP contribution in [0, 0.1) is 6.92 Å². The minimum Gasteiger partial charge on any atom is -0.357 e. The minimum atomic E-state index is 0.133. The van der Waals surface area contributed by atoms with E-state index in [4.69, 9.17) is 11.6 Å². The van der Waals surface area contributed by atoms with Crippen molar-refractivity contribution in [1.29, 1.82) is 0 Å². The number of hydrogen-bond donors (Lipinski definition) is 2. The molecule has 0 unspecified atom stereocenters. The Morgan fingerprint density at radius 2 is 1.94 bits per heavy atom. The van der Waals surface area contributed by atoms with Gasteiger partial charge in [0.25, 0.3) is 0 Å². The van der Waals surface area contributed by atoms with Gasteiger partial charge in [-0.05, 0) is 18.5 Å². The zero-order valence-electron chi connectivity index (χ0n) is 9.69. The van der Waals surface area contributed by atoms with E-state index in [1.54, 1.807) is 11.7 Å². The third-order valence-electron chi connectivity index (χ3n) is 2.09. The van der Waals surface area contributed by atoms with E-state index in [1.165, 1.54) is 0 Å². The molecule has 0 atom stereocenters. The van der Waals surface area contributed by atoms with Gasteiger partial charge in [0.05, 0.1) is 11.4 Å². The summed E-state index contributed by atoms with van der Waals surface area (Å²) in [6.45, 7) is 1.89. The number of halogens is 1. The molecule has 0 aliphatic heterocycles. The van der Waals surface area contributed by atoms with E-state index in [9.17, 15) is 0 Å². The normalized spacial score (nSPS) is 10.4. The number of rotatable bonds is 3. The second-order valence-electron chi connectivity index (χ2n) is 3.43. The Kier molecular flexibility index (Phi) is 3.10. The van der Waals surface area contributed by atoms with Gasteiger partial charge >= 0.3 is 0 Å². The zero-order valence-corrected chi connectivity index (χ0v) is 10.4. The highest BCUT2D eigenvalue weighted by Crippen LogP contribution is 2.17. The van der Waals surface area contributed by atoms with Crippen molar-refractivity contribution in [3.63, 3.8) is 0 Å². The second kappa shape index (κ2) is 4.54. The molecule has 0 aromatic carbocycles. The fraction of sp³-hybridized carbons (Fsp3) is 0.333. The van der Waals surface area contributed by atoms with Gasteiger partial charge in [-0.25, -0.2) is 0 Å². The van der Waals surface area contributed by atoms with E-state index < -0.39 is 0 Å². The van der Waals surface area contributed by atoms with Crippen LogP contribution in [0.3, 0.4) is 0 Å². The van der Waals surface area contributed by atoms with Gasteiger partial charge in [-0.3, -0.25) is 4.68 Å². The van der Waals surface area contributed by atoms with Crippen LogP contribution in [-0.2, 0) is 7.05 Å². The molecule has 0 radical (unpaired) electrons. The van der Waals surface area contributed by atoms with Crippen molar-refractivity contribution in [2.24, 2.45) is 7.05 Å². The molecular formula is C9H12ClN7. The largest absolute Gasteiger partial charge is 0.357 e. The monoisotopic (exact) mass is 253 g/mol. The van der Waals surface area contributed by atoms with E-state index in [0.717, 1.165) is 11.4 Å². The predicted octanol–water partition coefficient (Wildman–Crippen LogP) is 1.35. The highest BCUT2D eigenvalue weighted by Gasteiger charge is 2.07. The average Bonchev–Trinajstić information content (AvgIpc) is 2.56. The van der Waals surface area contributed by atoms with Crippen molar-refractivity contribution >= 4 is 29.2 Å². The third-order valence-corrected chi connectivity index (χ3v) is 2.26. The first-order valence-electron chi connectivity index (χ1n) is 4.95. The Bertz CT molecular complexity index is 536. The molecule has 7 nitrogen and oxygen atoms in total. The summed E-state index contributed by atoms with van der Waals surface area (Å²) in [6, 6.07) is 0. The molecule has 0 saturated heterocycles. The van der Waals surface area contributed by atoms with Crippen LogP contribution in [0.1, 0.15) is 5.69 Å². The lowest BCUT2D eigenvalue weighted by Gasteiger charge is -2.04. The Labute approximate surface area is 103 Å². The summed E-state index contributed by atoms with van der Waals surface area (Å²) in [7, 11) is 3.56. The molecule has 0 amide bonds. The van der Waals surface area contributed by atoms with Crippen molar-refractivity contribution in [2.75, 3.05) is 17.7 Å². The maximum Gasteiger partial charge on any atom is 0.233 e. The lowest BCUT2D eigenvalue weighted by atomic mass is 10.4. The van der Waals surface area contributed by atoms with Gasteiger partial charge in [-0.1, -0.05) is 0 Å². The number of nitrogens with zero attached hydrogens (tertiary/aromatic N) is 5. The zero-order chi connectivity index (χ0) is 12.4. The van der Waals surface area contributed by atoms with E-state index >= 15 is 0 Å². The molecule has 2 N–H and O–H groups in total. The van der Waals surface area contributed by atoms with Crippen molar-refractivity contribution in [3.05, 3.63) is 17.2 Å². The van der Waals surface area contributed by atoms with E-state index in [1.807, 2.05) is 20.2 Å². The molecule has 2 rings (SSSR count). The molecule has 17 heavy (non-hydrogen) atoms. The fourth-order valence-electron chi connectivity index (χ4n) is 1.36. The quantitative estimate of drug-likeness (QED) is 0.860. The lowest BCUT2D eigenvalue weighted by molar-refractivity contribution is 0.756. The fourth-order valence-corrected chi connectivity index (χ4v) is 1.52. The molecular weight excluding hydrogens is 242 g/mol. The van der Waals surface area contributed by atoms with Gasteiger partial charge in [-0.15, -0.1) is 0 Å². The number of aryl methyl sites for hydroxylation is 2. The molecule has 0 saturated carbocycles. The highest BCUT2D eigenvalue weighted by molar-refractivity contribution is 6.28. The topological polar surface area (TPSA) is 80.5 Å². The maximum atomic E-state index is 5.78. The summed E-state index contributed by atoms with van der Waals surface area (Å²) < 4.78 is 1.71. The number of hydrogen-bond acceptors (Lipinski definition) is 6. The molecule has 0 fully saturated rings. The third kappa shape index (κ3) is 2.62. The van der Waals surface area contributed by atoms with E-state index in [2.05, 4.69) is 30.7 Å². The second-order valence-corrected chi connectivity index (χ2v) is 3.77. The smallest absolute Gasteiger partial charge is 0.233 e. The maximum absolute atomic E-state index is 5.78. The van der Waals surface area contributed by atoms with Gasteiger partial charge in [0.2, 0.25) is 17.2 Å². The number of anilines is 3. The van der Waals surface area contributed by atoms with Crippen molar-refractivity contribution < 1.29 is 0 Å². The summed E-state index contributed by atoms with van der Waals surface area (Å²) in [6.07, 6.45) is 1.84. The Morgan fingerprint density at radius 1 is 1.24 bits per heavy atom. The number of aromatic nitrogens is 5. The number of nitrogens with one attached hydrogen (secondary N) is 2. The summed E-state index contributed by atoms with van der Waals surface area (Å²) in [5.41, 5.74) is 1.69. The summed E-state index contributed by atoms with van der Waals surface area (Å²) >= 11 is 5.78. The molecule has 2 heterocycles. The van der Waals surface area contributed by atoms with Crippen LogP contribution in [0.15, 0.2) is 6.20 Å². The van der Waals surface area contributed by atoms with Crippen molar-refractivity contribution in [2.45, 2.75) is 6.92 Å². The van der Waals surface area contributed by atoms with Crippen LogP contribution in [0.25, 0.3) is 0 Å². The first-order chi connectivity index (χ1) is 8.08.